The molecule has 0 radical (unpaired) electrons. The summed E-state index contributed by atoms with van der Waals surface area (Å²) in [6.07, 6.45) is -8.37. The van der Waals surface area contributed by atoms with Gasteiger partial charge in [-0.25, -0.2) is 21.6 Å². The standard InChI is InChI=1S/C29H27BrClF6N5O5S/c1-15(29(35,36)37)47-17-2-3-22(19(31)7-17)48(45,46)18-8-21(25(43)40-27(12-38)4-5-27)42(10-18)26(44)28(13-41(14-28)11-23(33)34)24-20(32)6-16(30)9-39-24/h2-3,6-7,9,15,18,21,23H,4-5,8,10-11,13-14H2,1H3,(H,40,43). The molecule has 3 aliphatic rings. The van der Waals surface area contributed by atoms with Gasteiger partial charge in [0.15, 0.2) is 15.9 Å². The third-order valence-electron chi connectivity index (χ3n) is 8.63. The molecule has 260 valence electrons. The second-order valence-electron chi connectivity index (χ2n) is 12.1. The highest BCUT2D eigenvalue weighted by Gasteiger charge is 2.59. The van der Waals surface area contributed by atoms with Gasteiger partial charge in [0.1, 0.15) is 28.6 Å². The first kappa shape index (κ1) is 36.1. The summed E-state index contributed by atoms with van der Waals surface area (Å²) in [5.74, 6) is -3.08. The molecule has 1 aromatic carbocycles. The van der Waals surface area contributed by atoms with Crippen LogP contribution in [0, 0.1) is 17.1 Å². The molecule has 2 aromatic rings. The number of halogens is 8. The van der Waals surface area contributed by atoms with Crippen LogP contribution < -0.4 is 10.1 Å². The second kappa shape index (κ2) is 13.0. The Bertz CT molecular complexity index is 1770. The normalized spacial score (nSPS) is 22.5. The number of benzene rings is 1. The average Bonchev–Trinajstić information content (AvgIpc) is 3.58. The number of aromatic nitrogens is 1. The molecule has 10 nitrogen and oxygen atoms in total. The van der Waals surface area contributed by atoms with Crippen molar-refractivity contribution in [3.63, 3.8) is 0 Å². The van der Waals surface area contributed by atoms with E-state index in [2.05, 4.69) is 26.2 Å². The zero-order chi connectivity index (χ0) is 35.4. The number of carbonyl (C=O) groups is 2. The van der Waals surface area contributed by atoms with E-state index in [-0.39, 0.29) is 15.9 Å². The van der Waals surface area contributed by atoms with Crippen molar-refractivity contribution in [1.29, 1.82) is 5.26 Å². The molecule has 2 aliphatic heterocycles. The van der Waals surface area contributed by atoms with Gasteiger partial charge in [-0.05, 0) is 60.3 Å². The highest BCUT2D eigenvalue weighted by molar-refractivity contribution is 9.10. The number of sulfone groups is 1. The van der Waals surface area contributed by atoms with E-state index in [4.69, 9.17) is 16.3 Å². The Morgan fingerprint density at radius 3 is 2.46 bits per heavy atom. The van der Waals surface area contributed by atoms with Crippen LogP contribution in [-0.2, 0) is 24.8 Å². The first-order valence-corrected chi connectivity index (χ1v) is 17.2. The fourth-order valence-corrected chi connectivity index (χ4v) is 8.45. The molecule has 3 fully saturated rings. The number of nitrogens with one attached hydrogen (secondary N) is 1. The van der Waals surface area contributed by atoms with Gasteiger partial charge in [0.2, 0.25) is 11.8 Å². The summed E-state index contributed by atoms with van der Waals surface area (Å²) in [6.45, 7) is -1.42. The SMILES string of the molecule is CC(Oc1ccc(S(=O)(=O)C2CC(C(=O)NC3(C#N)CC3)N(C(=O)C3(c4ncc(Br)cc4F)CN(CC(F)F)C3)C2)c(Cl)c1)C(F)(F)F. The van der Waals surface area contributed by atoms with Crippen LogP contribution in [0.15, 0.2) is 39.8 Å². The number of hydrogen-bond donors (Lipinski definition) is 1. The predicted octanol–water partition coefficient (Wildman–Crippen LogP) is 4.40. The molecule has 5 rings (SSSR count). The number of ether oxygens (including phenoxy) is 1. The molecular weight excluding hydrogens is 760 g/mol. The summed E-state index contributed by atoms with van der Waals surface area (Å²) in [4.78, 5) is 33.7. The van der Waals surface area contributed by atoms with E-state index in [0.717, 1.165) is 36.1 Å². The van der Waals surface area contributed by atoms with Gasteiger partial charge in [0.25, 0.3) is 6.43 Å². The maximum Gasteiger partial charge on any atom is 0.425 e. The number of likely N-dealkylation sites (tertiary alicyclic amines) is 2. The highest BCUT2D eigenvalue weighted by atomic mass is 79.9. The third kappa shape index (κ3) is 6.96. The maximum absolute atomic E-state index is 15.3. The van der Waals surface area contributed by atoms with Crippen LogP contribution in [0.1, 0.15) is 31.9 Å². The molecule has 2 saturated heterocycles. The number of alkyl halides is 5. The molecule has 0 spiro atoms. The molecule has 1 N–H and O–H groups in total. The minimum absolute atomic E-state index is 0.229. The molecule has 2 amide bonds. The van der Waals surface area contributed by atoms with E-state index >= 15 is 4.39 Å². The van der Waals surface area contributed by atoms with Crippen LogP contribution >= 0.6 is 27.5 Å². The van der Waals surface area contributed by atoms with Crippen LogP contribution in [0.2, 0.25) is 5.02 Å². The van der Waals surface area contributed by atoms with Gasteiger partial charge in [0.05, 0.1) is 33.5 Å². The van der Waals surface area contributed by atoms with E-state index in [1.807, 2.05) is 6.07 Å². The molecule has 1 saturated carbocycles. The average molecular weight is 787 g/mol. The molecule has 0 bridgehead atoms. The molecule has 1 aliphatic carbocycles. The van der Waals surface area contributed by atoms with Gasteiger partial charge in [-0.3, -0.25) is 19.5 Å². The number of nitrogens with zero attached hydrogens (tertiary/aromatic N) is 4. The van der Waals surface area contributed by atoms with Gasteiger partial charge in [-0.1, -0.05) is 11.6 Å². The van der Waals surface area contributed by atoms with Gasteiger partial charge in [-0.15, -0.1) is 0 Å². The van der Waals surface area contributed by atoms with Crippen molar-refractivity contribution in [3.8, 4) is 11.8 Å². The smallest absolute Gasteiger partial charge is 0.425 e. The monoisotopic (exact) mass is 785 g/mol. The summed E-state index contributed by atoms with van der Waals surface area (Å²) in [7, 11) is -4.50. The third-order valence-corrected chi connectivity index (χ3v) is 11.7. The minimum atomic E-state index is -4.71. The summed E-state index contributed by atoms with van der Waals surface area (Å²) < 4.78 is 114. The zero-order valence-electron chi connectivity index (χ0n) is 24.9. The van der Waals surface area contributed by atoms with Crippen molar-refractivity contribution in [2.24, 2.45) is 0 Å². The van der Waals surface area contributed by atoms with Gasteiger partial charge < -0.3 is 15.0 Å². The lowest BCUT2D eigenvalue weighted by Gasteiger charge is -2.50. The topological polar surface area (TPSA) is 133 Å². The van der Waals surface area contributed by atoms with Crippen LogP contribution in [0.3, 0.4) is 0 Å². The fourth-order valence-electron chi connectivity index (χ4n) is 5.91. The van der Waals surface area contributed by atoms with E-state index in [1.54, 1.807) is 0 Å². The number of rotatable bonds is 10. The van der Waals surface area contributed by atoms with Crippen LogP contribution in [0.5, 0.6) is 5.75 Å². The first-order chi connectivity index (χ1) is 22.3. The largest absolute Gasteiger partial charge is 0.481 e. The molecule has 3 unspecified atom stereocenters. The molecule has 3 atom stereocenters. The van der Waals surface area contributed by atoms with Crippen LogP contribution in [0.25, 0.3) is 0 Å². The quantitative estimate of drug-likeness (QED) is 0.351. The van der Waals surface area contributed by atoms with Crippen molar-refractivity contribution < 1.29 is 49.1 Å². The summed E-state index contributed by atoms with van der Waals surface area (Å²) in [5.41, 5.74) is -3.46. The number of hydrogen-bond acceptors (Lipinski definition) is 8. The minimum Gasteiger partial charge on any atom is -0.481 e. The Hall–Kier alpha value is -3.14. The first-order valence-electron chi connectivity index (χ1n) is 14.4. The highest BCUT2D eigenvalue weighted by Crippen LogP contribution is 2.42. The summed E-state index contributed by atoms with van der Waals surface area (Å²) in [5, 5.41) is 10.1. The predicted molar refractivity (Wildman–Crippen MR) is 160 cm³/mol. The molecule has 3 heterocycles. The number of pyridine rings is 1. The van der Waals surface area contributed by atoms with E-state index in [9.17, 15) is 45.2 Å². The number of nitriles is 1. The lowest BCUT2D eigenvalue weighted by molar-refractivity contribution is -0.189. The van der Waals surface area contributed by atoms with Crippen LogP contribution in [-0.4, -0.2) is 96.7 Å². The van der Waals surface area contributed by atoms with Crippen molar-refractivity contribution in [2.45, 2.75) is 72.0 Å². The molecular formula is C29H27BrClF6N5O5S. The van der Waals surface area contributed by atoms with Crippen molar-refractivity contribution in [1.82, 2.24) is 20.1 Å². The Balaban J connectivity index is 1.49. The molecule has 48 heavy (non-hydrogen) atoms. The second-order valence-corrected chi connectivity index (χ2v) is 15.6. The lowest BCUT2D eigenvalue weighted by Crippen LogP contribution is -2.69. The Morgan fingerprint density at radius 1 is 1.25 bits per heavy atom. The van der Waals surface area contributed by atoms with Crippen LogP contribution in [0.4, 0.5) is 26.3 Å². The van der Waals surface area contributed by atoms with Gasteiger partial charge >= 0.3 is 6.18 Å². The summed E-state index contributed by atoms with van der Waals surface area (Å²) in [6, 6.07) is 4.34. The lowest BCUT2D eigenvalue weighted by atomic mass is 9.74. The van der Waals surface area contributed by atoms with Crippen molar-refractivity contribution >= 4 is 49.2 Å². The zero-order valence-corrected chi connectivity index (χ0v) is 28.1. The van der Waals surface area contributed by atoms with Gasteiger partial charge in [-0.2, -0.15) is 18.4 Å². The van der Waals surface area contributed by atoms with E-state index in [0.29, 0.717) is 12.8 Å². The fraction of sp³-hybridized carbons (Fsp3) is 0.517. The maximum atomic E-state index is 15.3. The summed E-state index contributed by atoms with van der Waals surface area (Å²) >= 11 is 9.30. The van der Waals surface area contributed by atoms with E-state index in [1.165, 1.54) is 11.1 Å². The van der Waals surface area contributed by atoms with Gasteiger partial charge in [0, 0.05) is 36.4 Å². The number of amides is 2. The molecule has 1 aromatic heterocycles. The number of carbonyl (C=O) groups excluding carboxylic acids is 2. The Morgan fingerprint density at radius 2 is 1.92 bits per heavy atom. The van der Waals surface area contributed by atoms with Crippen molar-refractivity contribution in [3.05, 3.63) is 51.5 Å². The molecule has 19 heteroatoms. The van der Waals surface area contributed by atoms with E-state index < -0.39 is 111 Å². The Labute approximate surface area is 284 Å². The van der Waals surface area contributed by atoms with Crippen molar-refractivity contribution in [2.75, 3.05) is 26.2 Å². The Kier molecular flexibility index (Phi) is 9.76.